The van der Waals surface area contributed by atoms with Gasteiger partial charge in [-0.3, -0.25) is 10.1 Å². The van der Waals surface area contributed by atoms with Gasteiger partial charge in [-0.25, -0.2) is 4.39 Å². The van der Waals surface area contributed by atoms with Crippen LogP contribution in [0.3, 0.4) is 0 Å². The highest BCUT2D eigenvalue weighted by Gasteiger charge is 2.15. The van der Waals surface area contributed by atoms with Crippen molar-refractivity contribution in [2.24, 2.45) is 0 Å². The van der Waals surface area contributed by atoms with Crippen molar-refractivity contribution in [3.8, 4) is 11.5 Å². The maximum atomic E-state index is 13.9. The minimum absolute atomic E-state index is 0.0491. The Labute approximate surface area is 129 Å². The first-order valence-corrected chi connectivity index (χ1v) is 6.86. The molecule has 0 amide bonds. The van der Waals surface area contributed by atoms with E-state index in [1.165, 1.54) is 24.3 Å². The van der Waals surface area contributed by atoms with Crippen molar-refractivity contribution in [2.45, 2.75) is 6.54 Å². The Morgan fingerprint density at radius 1 is 1.38 bits per heavy atom. The second-order valence-corrected chi connectivity index (χ2v) is 5.09. The van der Waals surface area contributed by atoms with Crippen LogP contribution in [0.25, 0.3) is 0 Å². The molecule has 0 aliphatic heterocycles. The molecule has 1 N–H and O–H groups in total. The van der Waals surface area contributed by atoms with Crippen LogP contribution in [0.2, 0.25) is 0 Å². The predicted octanol–water partition coefficient (Wildman–Crippen LogP) is 4.01. The van der Waals surface area contributed by atoms with Gasteiger partial charge in [-0.05, 0) is 35.1 Å². The smallest absolute Gasteiger partial charge is 0.273 e. The van der Waals surface area contributed by atoms with Crippen molar-refractivity contribution >= 4 is 21.6 Å². The molecule has 0 unspecified atom stereocenters. The molecule has 0 fully saturated rings. The largest absolute Gasteiger partial charge is 0.452 e. The molecule has 5 nitrogen and oxygen atoms in total. The van der Waals surface area contributed by atoms with Crippen LogP contribution in [0.15, 0.2) is 40.9 Å². The van der Waals surface area contributed by atoms with Gasteiger partial charge in [0.25, 0.3) is 5.69 Å². The van der Waals surface area contributed by atoms with Gasteiger partial charge in [-0.15, -0.1) is 0 Å². The Morgan fingerprint density at radius 3 is 2.81 bits per heavy atom. The van der Waals surface area contributed by atoms with E-state index in [0.29, 0.717) is 16.6 Å². The maximum absolute atomic E-state index is 13.9. The second kappa shape index (κ2) is 6.64. The van der Waals surface area contributed by atoms with Crippen molar-refractivity contribution in [2.75, 3.05) is 7.05 Å². The van der Waals surface area contributed by atoms with E-state index in [-0.39, 0.29) is 17.2 Å². The standard InChI is InChI=1S/C14H12BrFN2O3/c1-17-8-9-3-2-4-12(16)14(9)21-13-7-10(18(19)20)5-6-11(13)15/h2-7,17H,8H2,1H3. The number of para-hydroxylation sites is 1. The number of halogens is 2. The average molecular weight is 355 g/mol. The predicted molar refractivity (Wildman–Crippen MR) is 80.0 cm³/mol. The number of hydrogen-bond acceptors (Lipinski definition) is 4. The monoisotopic (exact) mass is 354 g/mol. The molecule has 0 bridgehead atoms. The fraction of sp³-hybridized carbons (Fsp3) is 0.143. The van der Waals surface area contributed by atoms with Gasteiger partial charge in [0.15, 0.2) is 11.6 Å². The fourth-order valence-corrected chi connectivity index (χ4v) is 2.12. The SMILES string of the molecule is CNCc1cccc(F)c1Oc1cc([N+](=O)[O-])ccc1Br. The summed E-state index contributed by atoms with van der Waals surface area (Å²) in [4.78, 5) is 10.3. The zero-order chi connectivity index (χ0) is 15.4. The summed E-state index contributed by atoms with van der Waals surface area (Å²) in [5.41, 5.74) is 0.496. The highest BCUT2D eigenvalue weighted by atomic mass is 79.9. The Balaban J connectivity index is 2.42. The number of rotatable bonds is 5. The van der Waals surface area contributed by atoms with Crippen LogP contribution in [0, 0.1) is 15.9 Å². The molecule has 0 saturated carbocycles. The number of nitro benzene ring substituents is 1. The van der Waals surface area contributed by atoms with Crippen molar-refractivity contribution in [1.29, 1.82) is 0 Å². The van der Waals surface area contributed by atoms with Gasteiger partial charge >= 0.3 is 0 Å². The van der Waals surface area contributed by atoms with Crippen LogP contribution in [0.4, 0.5) is 10.1 Å². The third-order valence-corrected chi connectivity index (χ3v) is 3.41. The number of nitrogens with zero attached hydrogens (tertiary/aromatic N) is 1. The number of nitrogens with one attached hydrogen (secondary N) is 1. The van der Waals surface area contributed by atoms with Crippen LogP contribution in [-0.2, 0) is 6.54 Å². The van der Waals surface area contributed by atoms with Crippen LogP contribution >= 0.6 is 15.9 Å². The molecular formula is C14H12BrFN2O3. The molecule has 0 heterocycles. The second-order valence-electron chi connectivity index (χ2n) is 4.23. The molecule has 0 aliphatic rings. The molecule has 21 heavy (non-hydrogen) atoms. The third kappa shape index (κ3) is 3.56. The van der Waals surface area contributed by atoms with E-state index >= 15 is 0 Å². The molecule has 2 aromatic carbocycles. The summed E-state index contributed by atoms with van der Waals surface area (Å²) in [5, 5.41) is 13.7. The van der Waals surface area contributed by atoms with Crippen LogP contribution < -0.4 is 10.1 Å². The zero-order valence-corrected chi connectivity index (χ0v) is 12.7. The minimum atomic E-state index is -0.533. The molecule has 0 radical (unpaired) electrons. The summed E-state index contributed by atoms with van der Waals surface area (Å²) < 4.78 is 20.0. The number of non-ortho nitro benzene ring substituents is 1. The lowest BCUT2D eigenvalue weighted by atomic mass is 10.2. The third-order valence-electron chi connectivity index (χ3n) is 2.75. The lowest BCUT2D eigenvalue weighted by Gasteiger charge is -2.13. The normalized spacial score (nSPS) is 10.4. The molecular weight excluding hydrogens is 343 g/mol. The minimum Gasteiger partial charge on any atom is -0.452 e. The van der Waals surface area contributed by atoms with E-state index < -0.39 is 10.7 Å². The van der Waals surface area contributed by atoms with E-state index in [0.717, 1.165) is 0 Å². The molecule has 0 saturated heterocycles. The summed E-state index contributed by atoms with van der Waals surface area (Å²) >= 11 is 3.24. The van der Waals surface area contributed by atoms with Crippen LogP contribution in [-0.4, -0.2) is 12.0 Å². The lowest BCUT2D eigenvalue weighted by molar-refractivity contribution is -0.384. The van der Waals surface area contributed by atoms with E-state index in [1.807, 2.05) is 0 Å². The molecule has 0 spiro atoms. The summed E-state index contributed by atoms with van der Waals surface area (Å²) in [5.74, 6) is -0.291. The van der Waals surface area contributed by atoms with Crippen molar-refractivity contribution in [3.05, 3.63) is 62.4 Å². The first-order chi connectivity index (χ1) is 10.0. The van der Waals surface area contributed by atoms with E-state index in [9.17, 15) is 14.5 Å². The molecule has 2 rings (SSSR count). The maximum Gasteiger partial charge on any atom is 0.273 e. The first-order valence-electron chi connectivity index (χ1n) is 6.06. The summed E-state index contributed by atoms with van der Waals surface area (Å²) in [6.45, 7) is 0.416. The van der Waals surface area contributed by atoms with Crippen LogP contribution in [0.1, 0.15) is 5.56 Å². The lowest BCUT2D eigenvalue weighted by Crippen LogP contribution is -2.07. The van der Waals surface area contributed by atoms with Crippen molar-refractivity contribution < 1.29 is 14.1 Å². The Morgan fingerprint density at radius 2 is 2.14 bits per heavy atom. The summed E-state index contributed by atoms with van der Waals surface area (Å²) in [6.07, 6.45) is 0. The van der Waals surface area contributed by atoms with Gasteiger partial charge in [0.1, 0.15) is 5.75 Å². The van der Waals surface area contributed by atoms with Gasteiger partial charge in [0, 0.05) is 18.2 Å². The molecule has 110 valence electrons. The van der Waals surface area contributed by atoms with E-state index in [4.69, 9.17) is 4.74 Å². The summed E-state index contributed by atoms with van der Waals surface area (Å²) in [7, 11) is 1.73. The Kier molecular flexibility index (Phi) is 4.87. The molecule has 2 aromatic rings. The molecule has 0 aliphatic carbocycles. The van der Waals surface area contributed by atoms with Crippen LogP contribution in [0.5, 0.6) is 11.5 Å². The zero-order valence-electron chi connectivity index (χ0n) is 11.1. The van der Waals surface area contributed by atoms with Gasteiger partial charge in [0.2, 0.25) is 0 Å². The number of ether oxygens (including phenoxy) is 1. The fourth-order valence-electron chi connectivity index (χ4n) is 1.79. The van der Waals surface area contributed by atoms with Gasteiger partial charge in [0.05, 0.1) is 15.5 Å². The molecule has 0 aromatic heterocycles. The molecule has 7 heteroatoms. The van der Waals surface area contributed by atoms with Gasteiger partial charge < -0.3 is 10.1 Å². The molecule has 0 atom stereocenters. The number of hydrogen-bond donors (Lipinski definition) is 1. The number of nitro groups is 1. The summed E-state index contributed by atoms with van der Waals surface area (Å²) in [6, 6.07) is 8.66. The van der Waals surface area contributed by atoms with Gasteiger partial charge in [-0.2, -0.15) is 0 Å². The topological polar surface area (TPSA) is 64.4 Å². The highest BCUT2D eigenvalue weighted by Crippen LogP contribution is 2.35. The quantitative estimate of drug-likeness (QED) is 0.650. The Bertz CT molecular complexity index is 679. The van der Waals surface area contributed by atoms with Crippen molar-refractivity contribution in [1.82, 2.24) is 5.32 Å². The number of benzene rings is 2. The van der Waals surface area contributed by atoms with E-state index in [2.05, 4.69) is 21.2 Å². The average Bonchev–Trinajstić information content (AvgIpc) is 2.44. The van der Waals surface area contributed by atoms with E-state index in [1.54, 1.807) is 19.2 Å². The Hall–Kier alpha value is -1.99. The highest BCUT2D eigenvalue weighted by molar-refractivity contribution is 9.10. The van der Waals surface area contributed by atoms with Crippen molar-refractivity contribution in [3.63, 3.8) is 0 Å². The first kappa shape index (κ1) is 15.4. The van der Waals surface area contributed by atoms with Gasteiger partial charge in [-0.1, -0.05) is 12.1 Å².